The third-order valence-electron chi connectivity index (χ3n) is 5.04. The van der Waals surface area contributed by atoms with E-state index in [4.69, 9.17) is 0 Å². The Morgan fingerprint density at radius 3 is 2.76 bits per heavy atom. The van der Waals surface area contributed by atoms with Gasteiger partial charge in [-0.1, -0.05) is 6.92 Å². The molecule has 2 aromatic rings. The molecule has 1 aliphatic heterocycles. The van der Waals surface area contributed by atoms with Crippen LogP contribution in [0.15, 0.2) is 24.5 Å². The maximum atomic E-state index is 12.7. The lowest BCUT2D eigenvalue weighted by atomic mass is 9.94. The largest absolute Gasteiger partial charge is 0.381 e. The quantitative estimate of drug-likeness (QED) is 0.877. The van der Waals surface area contributed by atoms with E-state index in [0.29, 0.717) is 12.5 Å². The highest BCUT2D eigenvalue weighted by molar-refractivity contribution is 5.77. The predicted octanol–water partition coefficient (Wildman–Crippen LogP) is 3.02. The second-order valence-corrected chi connectivity index (χ2v) is 6.99. The lowest BCUT2D eigenvalue weighted by Gasteiger charge is -2.33. The molecule has 0 spiro atoms. The lowest BCUT2D eigenvalue weighted by Crippen LogP contribution is -2.42. The molecule has 134 valence electrons. The third kappa shape index (κ3) is 4.18. The number of piperidine rings is 1. The first-order valence-electron chi connectivity index (χ1n) is 9.00. The third-order valence-corrected chi connectivity index (χ3v) is 5.04. The van der Waals surface area contributed by atoms with Gasteiger partial charge in [-0.15, -0.1) is 0 Å². The van der Waals surface area contributed by atoms with E-state index in [9.17, 15) is 4.79 Å². The van der Waals surface area contributed by atoms with E-state index >= 15 is 0 Å². The highest BCUT2D eigenvalue weighted by atomic mass is 16.2. The SMILES string of the molecule is Cc1n[nH]c(C)c1C(C)CC(=O)N1CCC(Nc2cccnc2)CC1. The van der Waals surface area contributed by atoms with Crippen molar-refractivity contribution in [2.75, 3.05) is 18.4 Å². The van der Waals surface area contributed by atoms with E-state index in [1.165, 1.54) is 5.56 Å². The Labute approximate surface area is 149 Å². The molecule has 6 nitrogen and oxygen atoms in total. The van der Waals surface area contributed by atoms with Gasteiger partial charge in [0.1, 0.15) is 0 Å². The second-order valence-electron chi connectivity index (χ2n) is 6.99. The first-order valence-corrected chi connectivity index (χ1v) is 9.00. The average molecular weight is 341 g/mol. The van der Waals surface area contributed by atoms with Gasteiger partial charge >= 0.3 is 0 Å². The molecule has 25 heavy (non-hydrogen) atoms. The summed E-state index contributed by atoms with van der Waals surface area (Å²) < 4.78 is 0. The van der Waals surface area contributed by atoms with Crippen molar-refractivity contribution in [1.29, 1.82) is 0 Å². The Morgan fingerprint density at radius 2 is 2.16 bits per heavy atom. The van der Waals surface area contributed by atoms with Gasteiger partial charge in [0.15, 0.2) is 0 Å². The molecule has 1 unspecified atom stereocenters. The molecule has 1 aliphatic rings. The standard InChI is InChI=1S/C19H27N5O/c1-13(19-14(2)22-23-15(19)3)11-18(25)24-9-6-16(7-10-24)21-17-5-4-8-20-12-17/h4-5,8,12-13,16,21H,6-7,9-11H2,1-3H3,(H,22,23). The van der Waals surface area contributed by atoms with E-state index < -0.39 is 0 Å². The number of hydrogen-bond acceptors (Lipinski definition) is 4. The summed E-state index contributed by atoms with van der Waals surface area (Å²) in [6.45, 7) is 7.75. The van der Waals surface area contributed by atoms with Crippen LogP contribution in [0.3, 0.4) is 0 Å². The van der Waals surface area contributed by atoms with Crippen molar-refractivity contribution >= 4 is 11.6 Å². The molecule has 6 heteroatoms. The van der Waals surface area contributed by atoms with Crippen LogP contribution in [-0.2, 0) is 4.79 Å². The van der Waals surface area contributed by atoms with Crippen LogP contribution in [0.4, 0.5) is 5.69 Å². The van der Waals surface area contributed by atoms with Crippen molar-refractivity contribution in [3.63, 3.8) is 0 Å². The van der Waals surface area contributed by atoms with E-state index in [0.717, 1.165) is 43.0 Å². The molecule has 0 saturated carbocycles. The molecule has 0 aliphatic carbocycles. The molecule has 3 rings (SSSR count). The zero-order valence-electron chi connectivity index (χ0n) is 15.2. The zero-order valence-corrected chi connectivity index (χ0v) is 15.2. The fraction of sp³-hybridized carbons (Fsp3) is 0.526. The fourth-order valence-corrected chi connectivity index (χ4v) is 3.74. The molecular weight excluding hydrogens is 314 g/mol. The monoisotopic (exact) mass is 341 g/mol. The van der Waals surface area contributed by atoms with Gasteiger partial charge in [0.2, 0.25) is 5.91 Å². The summed E-state index contributed by atoms with van der Waals surface area (Å²) in [6, 6.07) is 4.37. The number of aromatic nitrogens is 3. The van der Waals surface area contributed by atoms with Crippen molar-refractivity contribution < 1.29 is 4.79 Å². The van der Waals surface area contributed by atoms with Crippen LogP contribution in [0.1, 0.15) is 49.1 Å². The van der Waals surface area contributed by atoms with Gasteiger partial charge in [-0.05, 0) is 50.3 Å². The first-order chi connectivity index (χ1) is 12.0. The molecular formula is C19H27N5O. The Kier molecular flexibility index (Phi) is 5.36. The Hall–Kier alpha value is -2.37. The van der Waals surface area contributed by atoms with E-state index in [-0.39, 0.29) is 11.8 Å². The Balaban J connectivity index is 1.50. The number of carbonyl (C=O) groups is 1. The molecule has 1 amide bonds. The van der Waals surface area contributed by atoms with Crippen molar-refractivity contribution in [3.8, 4) is 0 Å². The molecule has 3 heterocycles. The Bertz CT molecular complexity index is 684. The molecule has 0 bridgehead atoms. The highest BCUT2D eigenvalue weighted by Crippen LogP contribution is 2.26. The topological polar surface area (TPSA) is 73.9 Å². The number of aryl methyl sites for hydroxylation is 2. The summed E-state index contributed by atoms with van der Waals surface area (Å²) in [6.07, 6.45) is 6.10. The average Bonchev–Trinajstić information content (AvgIpc) is 2.95. The second kappa shape index (κ2) is 7.68. The summed E-state index contributed by atoms with van der Waals surface area (Å²) in [5.74, 6) is 0.435. The van der Waals surface area contributed by atoms with Gasteiger partial charge in [0.05, 0.1) is 11.4 Å². The minimum absolute atomic E-state index is 0.192. The van der Waals surface area contributed by atoms with Crippen LogP contribution in [0.5, 0.6) is 0 Å². The maximum absolute atomic E-state index is 12.7. The maximum Gasteiger partial charge on any atom is 0.223 e. The minimum Gasteiger partial charge on any atom is -0.381 e. The van der Waals surface area contributed by atoms with Crippen LogP contribution < -0.4 is 5.32 Å². The van der Waals surface area contributed by atoms with Gasteiger partial charge in [0, 0.05) is 43.6 Å². The van der Waals surface area contributed by atoms with Crippen molar-refractivity contribution in [2.45, 2.75) is 52.0 Å². The van der Waals surface area contributed by atoms with Crippen molar-refractivity contribution in [3.05, 3.63) is 41.5 Å². The number of nitrogens with zero attached hydrogens (tertiary/aromatic N) is 3. The zero-order chi connectivity index (χ0) is 17.8. The first kappa shape index (κ1) is 17.5. The fourth-order valence-electron chi connectivity index (χ4n) is 3.74. The van der Waals surface area contributed by atoms with Crippen molar-refractivity contribution in [2.24, 2.45) is 0 Å². The van der Waals surface area contributed by atoms with Crippen LogP contribution in [0.25, 0.3) is 0 Å². The van der Waals surface area contributed by atoms with Gasteiger partial charge in [0.25, 0.3) is 0 Å². The minimum atomic E-state index is 0.192. The van der Waals surface area contributed by atoms with Crippen molar-refractivity contribution in [1.82, 2.24) is 20.1 Å². The van der Waals surface area contributed by atoms with Gasteiger partial charge in [-0.25, -0.2) is 0 Å². The number of nitrogens with one attached hydrogen (secondary N) is 2. The molecule has 0 aromatic carbocycles. The normalized spacial score (nSPS) is 16.7. The summed E-state index contributed by atoms with van der Waals surface area (Å²) in [4.78, 5) is 18.8. The van der Waals surface area contributed by atoms with Gasteiger partial charge in [-0.3, -0.25) is 14.9 Å². The van der Waals surface area contributed by atoms with Crippen LogP contribution in [0.2, 0.25) is 0 Å². The number of anilines is 1. The molecule has 0 radical (unpaired) electrons. The Morgan fingerprint density at radius 1 is 1.40 bits per heavy atom. The molecule has 1 atom stereocenters. The number of hydrogen-bond donors (Lipinski definition) is 2. The molecule has 2 aromatic heterocycles. The van der Waals surface area contributed by atoms with Crippen LogP contribution in [-0.4, -0.2) is 45.1 Å². The number of pyridine rings is 1. The van der Waals surface area contributed by atoms with E-state index in [1.54, 1.807) is 6.20 Å². The predicted molar refractivity (Wildman–Crippen MR) is 98.6 cm³/mol. The van der Waals surface area contributed by atoms with Gasteiger partial charge < -0.3 is 10.2 Å². The van der Waals surface area contributed by atoms with E-state index in [1.807, 2.05) is 37.1 Å². The van der Waals surface area contributed by atoms with Gasteiger partial charge in [-0.2, -0.15) is 5.10 Å². The number of carbonyl (C=O) groups excluding carboxylic acids is 1. The number of amides is 1. The summed E-state index contributed by atoms with van der Waals surface area (Å²) >= 11 is 0. The summed E-state index contributed by atoms with van der Waals surface area (Å²) in [7, 11) is 0. The molecule has 1 fully saturated rings. The number of likely N-dealkylation sites (tertiary alicyclic amines) is 1. The number of aromatic amines is 1. The molecule has 1 saturated heterocycles. The van der Waals surface area contributed by atoms with E-state index in [2.05, 4.69) is 27.4 Å². The smallest absolute Gasteiger partial charge is 0.223 e. The summed E-state index contributed by atoms with van der Waals surface area (Å²) in [5.41, 5.74) is 4.29. The lowest BCUT2D eigenvalue weighted by molar-refractivity contribution is -0.132. The van der Waals surface area contributed by atoms with Crippen LogP contribution in [0, 0.1) is 13.8 Å². The summed E-state index contributed by atoms with van der Waals surface area (Å²) in [5, 5.41) is 10.8. The number of rotatable bonds is 5. The molecule has 2 N–H and O–H groups in total. The highest BCUT2D eigenvalue weighted by Gasteiger charge is 2.25. The number of H-pyrrole nitrogens is 1. The van der Waals surface area contributed by atoms with Crippen LogP contribution >= 0.6 is 0 Å².